The number of rotatable bonds is 10. The molecule has 1 N–H and O–H groups in total. The molecule has 1 atom stereocenters. The monoisotopic (exact) mass is 436 g/mol. The van der Waals surface area contributed by atoms with Crippen LogP contribution in [0.2, 0.25) is 0 Å². The van der Waals surface area contributed by atoms with Gasteiger partial charge in [-0.2, -0.15) is 0 Å². The SMILES string of the molecule is CCC(C(=O)NC1CCCCC1)N(CCc1ccccc1)C(=O)Cc1ccc(OC)cc1. The van der Waals surface area contributed by atoms with E-state index in [1.54, 1.807) is 12.0 Å². The van der Waals surface area contributed by atoms with Crippen molar-refractivity contribution in [2.45, 2.75) is 70.4 Å². The number of carbonyl (C=O) groups is 2. The van der Waals surface area contributed by atoms with Crippen molar-refractivity contribution in [2.24, 2.45) is 0 Å². The van der Waals surface area contributed by atoms with Gasteiger partial charge in [0.1, 0.15) is 11.8 Å². The van der Waals surface area contributed by atoms with Gasteiger partial charge >= 0.3 is 0 Å². The van der Waals surface area contributed by atoms with E-state index in [-0.39, 0.29) is 24.3 Å². The molecule has 1 unspecified atom stereocenters. The molecule has 0 bridgehead atoms. The number of carbonyl (C=O) groups excluding carboxylic acids is 2. The maximum Gasteiger partial charge on any atom is 0.243 e. The number of benzene rings is 2. The summed E-state index contributed by atoms with van der Waals surface area (Å²) in [5, 5.41) is 3.23. The molecular formula is C27H36N2O3. The van der Waals surface area contributed by atoms with Crippen LogP contribution in [0, 0.1) is 0 Å². The highest BCUT2D eigenvalue weighted by Crippen LogP contribution is 2.19. The summed E-state index contributed by atoms with van der Waals surface area (Å²) in [6, 6.07) is 17.5. The van der Waals surface area contributed by atoms with Crippen molar-refractivity contribution >= 4 is 11.8 Å². The fraction of sp³-hybridized carbons (Fsp3) is 0.481. The van der Waals surface area contributed by atoms with Crippen molar-refractivity contribution in [2.75, 3.05) is 13.7 Å². The van der Waals surface area contributed by atoms with Gasteiger partial charge in [0.15, 0.2) is 0 Å². The smallest absolute Gasteiger partial charge is 0.243 e. The topological polar surface area (TPSA) is 58.6 Å². The zero-order valence-electron chi connectivity index (χ0n) is 19.4. The Morgan fingerprint density at radius 1 is 1.00 bits per heavy atom. The Morgan fingerprint density at radius 2 is 1.69 bits per heavy atom. The number of amides is 2. The summed E-state index contributed by atoms with van der Waals surface area (Å²) >= 11 is 0. The molecule has 2 aromatic rings. The Balaban J connectivity index is 1.73. The molecule has 0 aliphatic heterocycles. The predicted molar refractivity (Wildman–Crippen MR) is 128 cm³/mol. The number of hydrogen-bond donors (Lipinski definition) is 1. The Kier molecular flexibility index (Phi) is 9.14. The summed E-state index contributed by atoms with van der Waals surface area (Å²) in [6.07, 6.45) is 7.23. The molecule has 0 saturated heterocycles. The number of nitrogens with one attached hydrogen (secondary N) is 1. The van der Waals surface area contributed by atoms with Crippen molar-refractivity contribution < 1.29 is 14.3 Å². The maximum atomic E-state index is 13.4. The van der Waals surface area contributed by atoms with Gasteiger partial charge in [-0.05, 0) is 48.9 Å². The second-order valence-electron chi connectivity index (χ2n) is 8.62. The van der Waals surface area contributed by atoms with E-state index in [9.17, 15) is 9.59 Å². The lowest BCUT2D eigenvalue weighted by atomic mass is 9.95. The van der Waals surface area contributed by atoms with Crippen LogP contribution >= 0.6 is 0 Å². The summed E-state index contributed by atoms with van der Waals surface area (Å²) in [5.74, 6) is 0.729. The Morgan fingerprint density at radius 3 is 2.31 bits per heavy atom. The summed E-state index contributed by atoms with van der Waals surface area (Å²) in [6.45, 7) is 2.51. The van der Waals surface area contributed by atoms with Gasteiger partial charge in [0.25, 0.3) is 0 Å². The van der Waals surface area contributed by atoms with E-state index >= 15 is 0 Å². The lowest BCUT2D eigenvalue weighted by Gasteiger charge is -2.33. The fourth-order valence-corrected chi connectivity index (χ4v) is 4.46. The van der Waals surface area contributed by atoms with E-state index in [1.807, 2.05) is 49.4 Å². The van der Waals surface area contributed by atoms with Gasteiger partial charge in [-0.1, -0.05) is 68.7 Å². The number of hydrogen-bond acceptors (Lipinski definition) is 3. The van der Waals surface area contributed by atoms with E-state index in [4.69, 9.17) is 4.74 Å². The molecule has 5 heteroatoms. The first kappa shape index (κ1) is 23.8. The number of ether oxygens (including phenoxy) is 1. The third-order valence-corrected chi connectivity index (χ3v) is 6.34. The van der Waals surface area contributed by atoms with Gasteiger partial charge in [-0.3, -0.25) is 9.59 Å². The minimum atomic E-state index is -0.452. The van der Waals surface area contributed by atoms with Gasteiger partial charge in [-0.25, -0.2) is 0 Å². The van der Waals surface area contributed by atoms with Crippen molar-refractivity contribution in [1.82, 2.24) is 10.2 Å². The average molecular weight is 437 g/mol. The standard InChI is InChI=1S/C27H36N2O3/c1-3-25(27(31)28-23-12-8-5-9-13-23)29(19-18-21-10-6-4-7-11-21)26(30)20-22-14-16-24(32-2)17-15-22/h4,6-7,10-11,14-17,23,25H,3,5,8-9,12-13,18-20H2,1-2H3,(H,28,31). The second kappa shape index (κ2) is 12.3. The van der Waals surface area contributed by atoms with E-state index in [2.05, 4.69) is 17.4 Å². The Bertz CT molecular complexity index is 845. The average Bonchev–Trinajstić information content (AvgIpc) is 2.83. The molecule has 1 aliphatic rings. The van der Waals surface area contributed by atoms with Crippen molar-refractivity contribution in [3.63, 3.8) is 0 Å². The largest absolute Gasteiger partial charge is 0.497 e. The van der Waals surface area contributed by atoms with Crippen LogP contribution in [-0.4, -0.2) is 42.5 Å². The molecule has 0 heterocycles. The lowest BCUT2D eigenvalue weighted by molar-refractivity contribution is -0.140. The first-order valence-electron chi connectivity index (χ1n) is 11.9. The third kappa shape index (κ3) is 6.84. The van der Waals surface area contributed by atoms with Gasteiger partial charge in [0.05, 0.1) is 13.5 Å². The maximum absolute atomic E-state index is 13.4. The van der Waals surface area contributed by atoms with Gasteiger partial charge in [-0.15, -0.1) is 0 Å². The minimum absolute atomic E-state index is 0.0169. The van der Waals surface area contributed by atoms with Crippen molar-refractivity contribution in [3.05, 3.63) is 65.7 Å². The van der Waals surface area contributed by atoms with Crippen LogP contribution in [-0.2, 0) is 22.4 Å². The molecule has 32 heavy (non-hydrogen) atoms. The van der Waals surface area contributed by atoms with Crippen molar-refractivity contribution in [1.29, 1.82) is 0 Å². The van der Waals surface area contributed by atoms with E-state index in [0.29, 0.717) is 13.0 Å². The van der Waals surface area contributed by atoms with Crippen LogP contribution in [0.3, 0.4) is 0 Å². The minimum Gasteiger partial charge on any atom is -0.497 e. The number of nitrogens with zero attached hydrogens (tertiary/aromatic N) is 1. The van der Waals surface area contributed by atoms with Crippen LogP contribution in [0.5, 0.6) is 5.75 Å². The van der Waals surface area contributed by atoms with Gasteiger partial charge < -0.3 is 15.0 Å². The molecule has 2 amide bonds. The summed E-state index contributed by atoms with van der Waals surface area (Å²) in [5.41, 5.74) is 2.08. The van der Waals surface area contributed by atoms with Gasteiger partial charge in [0.2, 0.25) is 11.8 Å². The highest BCUT2D eigenvalue weighted by atomic mass is 16.5. The summed E-state index contributed by atoms with van der Waals surface area (Å²) in [7, 11) is 1.63. The molecule has 1 fully saturated rings. The van der Waals surface area contributed by atoms with Crippen LogP contribution in [0.1, 0.15) is 56.6 Å². The number of methoxy groups -OCH3 is 1. The molecule has 5 nitrogen and oxygen atoms in total. The molecule has 0 radical (unpaired) electrons. The Labute approximate surface area is 192 Å². The van der Waals surface area contributed by atoms with E-state index < -0.39 is 6.04 Å². The van der Waals surface area contributed by atoms with Gasteiger partial charge in [0, 0.05) is 12.6 Å². The van der Waals surface area contributed by atoms with E-state index in [0.717, 1.165) is 49.0 Å². The molecular weight excluding hydrogens is 400 g/mol. The zero-order valence-corrected chi connectivity index (χ0v) is 19.4. The quantitative estimate of drug-likeness (QED) is 0.595. The van der Waals surface area contributed by atoms with Crippen LogP contribution in [0.25, 0.3) is 0 Å². The predicted octanol–water partition coefficient (Wildman–Crippen LogP) is 4.54. The molecule has 3 rings (SSSR count). The van der Waals surface area contributed by atoms with Crippen LogP contribution in [0.15, 0.2) is 54.6 Å². The highest BCUT2D eigenvalue weighted by molar-refractivity contribution is 5.88. The lowest BCUT2D eigenvalue weighted by Crippen LogP contribution is -2.52. The van der Waals surface area contributed by atoms with Crippen molar-refractivity contribution in [3.8, 4) is 5.75 Å². The Hall–Kier alpha value is -2.82. The zero-order chi connectivity index (χ0) is 22.8. The molecule has 1 saturated carbocycles. The second-order valence-corrected chi connectivity index (χ2v) is 8.62. The fourth-order valence-electron chi connectivity index (χ4n) is 4.46. The van der Waals surface area contributed by atoms with Crippen LogP contribution < -0.4 is 10.1 Å². The molecule has 0 aromatic heterocycles. The first-order valence-corrected chi connectivity index (χ1v) is 11.9. The summed E-state index contributed by atoms with van der Waals surface area (Å²) < 4.78 is 5.22. The normalized spacial score (nSPS) is 15.1. The summed E-state index contributed by atoms with van der Waals surface area (Å²) in [4.78, 5) is 28.4. The highest BCUT2D eigenvalue weighted by Gasteiger charge is 2.30. The molecule has 2 aromatic carbocycles. The van der Waals surface area contributed by atoms with E-state index in [1.165, 1.54) is 6.42 Å². The molecule has 0 spiro atoms. The molecule has 1 aliphatic carbocycles. The molecule has 172 valence electrons. The first-order chi connectivity index (χ1) is 15.6. The third-order valence-electron chi connectivity index (χ3n) is 6.34. The van der Waals surface area contributed by atoms with Crippen LogP contribution in [0.4, 0.5) is 0 Å².